The number of aromatic nitrogens is 3. The number of benzene rings is 1. The zero-order valence-corrected chi connectivity index (χ0v) is 12.7. The number of aryl methyl sites for hydroxylation is 1. The summed E-state index contributed by atoms with van der Waals surface area (Å²) >= 11 is 12.4. The molecule has 0 aliphatic heterocycles. The number of anilines is 1. The zero-order valence-electron chi connectivity index (χ0n) is 11.2. The van der Waals surface area contributed by atoms with E-state index in [0.29, 0.717) is 21.6 Å². The molecule has 0 amide bonds. The van der Waals surface area contributed by atoms with E-state index in [2.05, 4.69) is 10.1 Å². The average Bonchev–Trinajstić information content (AvgIpc) is 2.78. The molecule has 2 heterocycles. The van der Waals surface area contributed by atoms with Gasteiger partial charge in [-0.3, -0.25) is 9.67 Å². The minimum Gasteiger partial charge on any atom is -0.383 e. The van der Waals surface area contributed by atoms with Crippen molar-refractivity contribution >= 4 is 29.0 Å². The van der Waals surface area contributed by atoms with Crippen molar-refractivity contribution in [3.8, 4) is 22.5 Å². The van der Waals surface area contributed by atoms with E-state index in [1.54, 1.807) is 24.0 Å². The van der Waals surface area contributed by atoms with Crippen LogP contribution in [0.5, 0.6) is 0 Å². The van der Waals surface area contributed by atoms with E-state index in [1.165, 1.54) is 0 Å². The summed E-state index contributed by atoms with van der Waals surface area (Å²) in [6.45, 7) is 0. The maximum atomic E-state index is 6.31. The van der Waals surface area contributed by atoms with Crippen LogP contribution < -0.4 is 5.73 Å². The molecule has 3 aromatic rings. The van der Waals surface area contributed by atoms with Gasteiger partial charge in [0, 0.05) is 18.8 Å². The molecule has 4 nitrogen and oxygen atoms in total. The Balaban J connectivity index is 2.30. The normalized spacial score (nSPS) is 10.8. The molecule has 6 heteroatoms. The van der Waals surface area contributed by atoms with Crippen molar-refractivity contribution in [2.75, 3.05) is 5.73 Å². The minimum absolute atomic E-state index is 0.453. The molecule has 0 saturated carbocycles. The van der Waals surface area contributed by atoms with E-state index in [9.17, 15) is 0 Å². The van der Waals surface area contributed by atoms with Gasteiger partial charge in [-0.15, -0.1) is 0 Å². The molecular formula is C15H12Cl2N4. The fourth-order valence-corrected chi connectivity index (χ4v) is 2.57. The third-order valence-electron chi connectivity index (χ3n) is 3.22. The highest BCUT2D eigenvalue weighted by Gasteiger charge is 2.20. The van der Waals surface area contributed by atoms with E-state index >= 15 is 0 Å². The van der Waals surface area contributed by atoms with Crippen LogP contribution in [-0.2, 0) is 7.05 Å². The summed E-state index contributed by atoms with van der Waals surface area (Å²) in [6, 6.07) is 11.1. The van der Waals surface area contributed by atoms with E-state index in [1.807, 2.05) is 30.3 Å². The van der Waals surface area contributed by atoms with Gasteiger partial charge in [-0.2, -0.15) is 5.10 Å². The van der Waals surface area contributed by atoms with Gasteiger partial charge in [0.25, 0.3) is 0 Å². The first-order valence-electron chi connectivity index (χ1n) is 6.28. The van der Waals surface area contributed by atoms with Gasteiger partial charge in [0.15, 0.2) is 0 Å². The van der Waals surface area contributed by atoms with Crippen LogP contribution in [0.2, 0.25) is 10.0 Å². The molecule has 106 valence electrons. The van der Waals surface area contributed by atoms with Crippen molar-refractivity contribution in [1.82, 2.24) is 14.8 Å². The molecule has 2 N–H and O–H groups in total. The Hall–Kier alpha value is -2.04. The highest BCUT2D eigenvalue weighted by atomic mass is 35.5. The molecule has 0 saturated heterocycles. The van der Waals surface area contributed by atoms with Crippen LogP contribution in [0.15, 0.2) is 42.6 Å². The van der Waals surface area contributed by atoms with Crippen molar-refractivity contribution in [3.63, 3.8) is 0 Å². The standard InChI is InChI=1S/C15H12Cl2N4/c1-21-15(18)12(11-7-2-3-8-19-11)14(20-21)9-5-4-6-10(16)13(9)17/h2-8H,18H2,1H3. The number of nitrogens with two attached hydrogens (primary N) is 1. The summed E-state index contributed by atoms with van der Waals surface area (Å²) in [6.07, 6.45) is 1.71. The molecule has 0 atom stereocenters. The molecule has 0 radical (unpaired) electrons. The second-order valence-electron chi connectivity index (χ2n) is 4.55. The lowest BCUT2D eigenvalue weighted by atomic mass is 10.0. The highest BCUT2D eigenvalue weighted by Crippen LogP contribution is 2.39. The van der Waals surface area contributed by atoms with Crippen LogP contribution in [0, 0.1) is 0 Å². The number of pyridine rings is 1. The first-order chi connectivity index (χ1) is 10.1. The van der Waals surface area contributed by atoms with Crippen LogP contribution in [-0.4, -0.2) is 14.8 Å². The van der Waals surface area contributed by atoms with E-state index in [-0.39, 0.29) is 0 Å². The first-order valence-corrected chi connectivity index (χ1v) is 7.03. The predicted molar refractivity (Wildman–Crippen MR) is 86.3 cm³/mol. The van der Waals surface area contributed by atoms with Crippen LogP contribution >= 0.6 is 23.2 Å². The number of halogens is 2. The molecule has 1 aromatic carbocycles. The van der Waals surface area contributed by atoms with Crippen molar-refractivity contribution in [2.45, 2.75) is 0 Å². The Bertz CT molecular complexity index is 797. The number of rotatable bonds is 2. The minimum atomic E-state index is 0.453. The molecule has 3 rings (SSSR count). The lowest BCUT2D eigenvalue weighted by Gasteiger charge is -2.06. The molecule has 0 bridgehead atoms. The first kappa shape index (κ1) is 13.9. The topological polar surface area (TPSA) is 56.7 Å². The molecule has 0 aliphatic rings. The fraction of sp³-hybridized carbons (Fsp3) is 0.0667. The Kier molecular flexibility index (Phi) is 3.57. The maximum absolute atomic E-state index is 6.31. The summed E-state index contributed by atoms with van der Waals surface area (Å²) in [5, 5.41) is 5.40. The van der Waals surface area contributed by atoms with Crippen molar-refractivity contribution in [3.05, 3.63) is 52.6 Å². The molecule has 0 aliphatic carbocycles. The predicted octanol–water partition coefficient (Wildman–Crippen LogP) is 4.04. The summed E-state index contributed by atoms with van der Waals surface area (Å²) in [5.74, 6) is 0.528. The molecule has 21 heavy (non-hydrogen) atoms. The molecule has 0 fully saturated rings. The van der Waals surface area contributed by atoms with Crippen molar-refractivity contribution in [1.29, 1.82) is 0 Å². The monoisotopic (exact) mass is 318 g/mol. The Labute approximate surface area is 132 Å². The van der Waals surface area contributed by atoms with Crippen LogP contribution in [0.1, 0.15) is 0 Å². The van der Waals surface area contributed by atoms with Crippen LogP contribution in [0.3, 0.4) is 0 Å². The lowest BCUT2D eigenvalue weighted by Crippen LogP contribution is -1.98. The summed E-state index contributed by atoms with van der Waals surface area (Å²) in [4.78, 5) is 4.35. The van der Waals surface area contributed by atoms with Crippen molar-refractivity contribution < 1.29 is 0 Å². The van der Waals surface area contributed by atoms with Gasteiger partial charge in [-0.1, -0.05) is 41.4 Å². The number of hydrogen-bond donors (Lipinski definition) is 1. The van der Waals surface area contributed by atoms with Crippen LogP contribution in [0.4, 0.5) is 5.82 Å². The largest absolute Gasteiger partial charge is 0.383 e. The van der Waals surface area contributed by atoms with Crippen molar-refractivity contribution in [2.24, 2.45) is 7.05 Å². The summed E-state index contributed by atoms with van der Waals surface area (Å²) < 4.78 is 1.61. The van der Waals surface area contributed by atoms with Crippen LogP contribution in [0.25, 0.3) is 22.5 Å². The molecule has 0 unspecified atom stereocenters. The average molecular weight is 319 g/mol. The third-order valence-corrected chi connectivity index (χ3v) is 4.04. The second-order valence-corrected chi connectivity index (χ2v) is 5.33. The second kappa shape index (κ2) is 5.39. The molecule has 2 aromatic heterocycles. The Morgan fingerprint density at radius 2 is 1.90 bits per heavy atom. The SMILES string of the molecule is Cn1nc(-c2cccc(Cl)c2Cl)c(-c2ccccn2)c1N. The molecular weight excluding hydrogens is 307 g/mol. The number of nitrogens with zero attached hydrogens (tertiary/aromatic N) is 3. The highest BCUT2D eigenvalue weighted by molar-refractivity contribution is 6.43. The smallest absolute Gasteiger partial charge is 0.131 e. The summed E-state index contributed by atoms with van der Waals surface area (Å²) in [7, 11) is 1.78. The van der Waals surface area contributed by atoms with E-state index in [4.69, 9.17) is 28.9 Å². The number of hydrogen-bond acceptors (Lipinski definition) is 3. The van der Waals surface area contributed by atoms with Gasteiger partial charge < -0.3 is 5.73 Å². The Morgan fingerprint density at radius 1 is 1.10 bits per heavy atom. The van der Waals surface area contributed by atoms with Gasteiger partial charge in [0.2, 0.25) is 0 Å². The number of nitrogen functional groups attached to an aromatic ring is 1. The molecule has 0 spiro atoms. The summed E-state index contributed by atoms with van der Waals surface area (Å²) in [5.41, 5.74) is 9.04. The van der Waals surface area contributed by atoms with Gasteiger partial charge in [-0.05, 0) is 18.2 Å². The lowest BCUT2D eigenvalue weighted by molar-refractivity contribution is 0.782. The third kappa shape index (κ3) is 2.37. The quantitative estimate of drug-likeness (QED) is 0.775. The van der Waals surface area contributed by atoms with Gasteiger partial charge in [0.05, 0.1) is 21.3 Å². The van der Waals surface area contributed by atoms with E-state index < -0.39 is 0 Å². The fourth-order valence-electron chi connectivity index (χ4n) is 2.18. The Morgan fingerprint density at radius 3 is 2.62 bits per heavy atom. The van der Waals surface area contributed by atoms with Gasteiger partial charge >= 0.3 is 0 Å². The van der Waals surface area contributed by atoms with E-state index in [0.717, 1.165) is 16.8 Å². The van der Waals surface area contributed by atoms with Gasteiger partial charge in [-0.25, -0.2) is 0 Å². The maximum Gasteiger partial charge on any atom is 0.131 e. The van der Waals surface area contributed by atoms with Gasteiger partial charge in [0.1, 0.15) is 11.5 Å². The zero-order chi connectivity index (χ0) is 15.0.